The highest BCUT2D eigenvalue weighted by Crippen LogP contribution is 2.23. The lowest BCUT2D eigenvalue weighted by atomic mass is 10.3. The maximum absolute atomic E-state index is 11.8. The Kier molecular flexibility index (Phi) is 1.23. The van der Waals surface area contributed by atoms with Gasteiger partial charge in [0, 0.05) is 6.42 Å². The number of ether oxygens (including phenoxy) is 1. The standard InChI is InChI=1S/C4H5F2O/c5-3-1-2-7-4(3)6/h3H,1-2H2. The zero-order valence-corrected chi connectivity index (χ0v) is 3.66. The molecule has 0 saturated carbocycles. The van der Waals surface area contributed by atoms with Gasteiger partial charge in [0.2, 0.25) is 0 Å². The van der Waals surface area contributed by atoms with E-state index in [9.17, 15) is 8.78 Å². The summed E-state index contributed by atoms with van der Waals surface area (Å²) in [6, 6.07) is 0. The molecular formula is C4H5F2O. The van der Waals surface area contributed by atoms with Crippen molar-refractivity contribution in [1.29, 1.82) is 0 Å². The molecule has 1 heterocycles. The lowest BCUT2D eigenvalue weighted by Crippen LogP contribution is -1.98. The van der Waals surface area contributed by atoms with Gasteiger partial charge in [0.05, 0.1) is 6.61 Å². The molecule has 0 amide bonds. The molecule has 0 aromatic rings. The molecular weight excluding hydrogens is 102 g/mol. The first-order valence-electron chi connectivity index (χ1n) is 2.10. The average molecular weight is 107 g/mol. The molecule has 1 fully saturated rings. The topological polar surface area (TPSA) is 9.23 Å². The highest BCUT2D eigenvalue weighted by Gasteiger charge is 2.29. The summed E-state index contributed by atoms with van der Waals surface area (Å²) >= 11 is 0. The molecule has 0 aromatic carbocycles. The second-order valence-electron chi connectivity index (χ2n) is 1.41. The molecule has 1 atom stereocenters. The Morgan fingerprint density at radius 2 is 2.43 bits per heavy atom. The molecule has 0 aliphatic carbocycles. The van der Waals surface area contributed by atoms with Crippen molar-refractivity contribution in [3.63, 3.8) is 0 Å². The Morgan fingerprint density at radius 3 is 2.57 bits per heavy atom. The van der Waals surface area contributed by atoms with Crippen LogP contribution in [0.1, 0.15) is 6.42 Å². The van der Waals surface area contributed by atoms with E-state index in [-0.39, 0.29) is 13.0 Å². The normalized spacial score (nSPS) is 34.3. The third kappa shape index (κ3) is 0.881. The van der Waals surface area contributed by atoms with Crippen molar-refractivity contribution >= 4 is 0 Å². The molecule has 1 rings (SSSR count). The summed E-state index contributed by atoms with van der Waals surface area (Å²) in [4.78, 5) is 0. The van der Waals surface area contributed by atoms with Gasteiger partial charge >= 0.3 is 6.36 Å². The van der Waals surface area contributed by atoms with Gasteiger partial charge in [0.15, 0.2) is 6.17 Å². The molecule has 1 nitrogen and oxygen atoms in total. The van der Waals surface area contributed by atoms with Gasteiger partial charge in [-0.1, -0.05) is 0 Å². The summed E-state index contributed by atoms with van der Waals surface area (Å²) in [5, 5.41) is 0. The fraction of sp³-hybridized carbons (Fsp3) is 0.750. The van der Waals surface area contributed by atoms with Crippen LogP contribution in [0.5, 0.6) is 0 Å². The van der Waals surface area contributed by atoms with Crippen molar-refractivity contribution in [2.45, 2.75) is 12.6 Å². The lowest BCUT2D eigenvalue weighted by Gasteiger charge is -1.93. The first kappa shape index (κ1) is 4.97. The molecule has 0 N–H and O–H groups in total. The molecule has 41 valence electrons. The monoisotopic (exact) mass is 107 g/mol. The lowest BCUT2D eigenvalue weighted by molar-refractivity contribution is 0.0825. The fourth-order valence-corrected chi connectivity index (χ4v) is 0.464. The second-order valence-corrected chi connectivity index (χ2v) is 1.41. The molecule has 0 aromatic heterocycles. The molecule has 1 aliphatic heterocycles. The molecule has 3 heteroatoms. The second kappa shape index (κ2) is 1.74. The fourth-order valence-electron chi connectivity index (χ4n) is 0.464. The summed E-state index contributed by atoms with van der Waals surface area (Å²) in [6.45, 7) is 0.188. The van der Waals surface area contributed by atoms with Crippen LogP contribution < -0.4 is 0 Å². The Balaban J connectivity index is 2.33. The van der Waals surface area contributed by atoms with Crippen LogP contribution in [-0.4, -0.2) is 12.8 Å². The zero-order valence-electron chi connectivity index (χ0n) is 3.66. The van der Waals surface area contributed by atoms with Gasteiger partial charge in [-0.2, -0.15) is 0 Å². The van der Waals surface area contributed by atoms with Gasteiger partial charge in [0.1, 0.15) is 0 Å². The minimum atomic E-state index is -1.46. The van der Waals surface area contributed by atoms with E-state index in [1.165, 1.54) is 0 Å². The van der Waals surface area contributed by atoms with E-state index in [1.54, 1.807) is 0 Å². The van der Waals surface area contributed by atoms with E-state index >= 15 is 0 Å². The first-order valence-corrected chi connectivity index (χ1v) is 2.10. The summed E-state index contributed by atoms with van der Waals surface area (Å²) in [5.41, 5.74) is 0. The predicted molar refractivity (Wildman–Crippen MR) is 19.8 cm³/mol. The number of halogens is 2. The first-order chi connectivity index (χ1) is 3.30. The molecule has 1 aliphatic rings. The van der Waals surface area contributed by atoms with Crippen molar-refractivity contribution in [2.24, 2.45) is 0 Å². The minimum Gasteiger partial charge on any atom is -0.339 e. The highest BCUT2D eigenvalue weighted by molar-refractivity contribution is 4.80. The van der Waals surface area contributed by atoms with E-state index in [0.717, 1.165) is 0 Å². The number of hydrogen-bond acceptors (Lipinski definition) is 1. The maximum atomic E-state index is 11.8. The van der Waals surface area contributed by atoms with Gasteiger partial charge in [-0.05, 0) is 0 Å². The van der Waals surface area contributed by atoms with Crippen molar-refractivity contribution in [3.8, 4) is 0 Å². The molecule has 0 spiro atoms. The number of alkyl halides is 1. The van der Waals surface area contributed by atoms with Crippen LogP contribution in [0.2, 0.25) is 0 Å². The van der Waals surface area contributed by atoms with Gasteiger partial charge in [-0.15, -0.1) is 0 Å². The molecule has 1 saturated heterocycles. The van der Waals surface area contributed by atoms with Crippen molar-refractivity contribution in [3.05, 3.63) is 6.36 Å². The smallest absolute Gasteiger partial charge is 0.303 e. The Bertz CT molecular complexity index is 58.7. The minimum absolute atomic E-state index is 0.172. The van der Waals surface area contributed by atoms with Gasteiger partial charge in [-0.25, -0.2) is 8.78 Å². The quantitative estimate of drug-likeness (QED) is 0.452. The Hall–Kier alpha value is -0.180. The van der Waals surface area contributed by atoms with E-state index < -0.39 is 12.5 Å². The van der Waals surface area contributed by atoms with Crippen LogP contribution in [0.3, 0.4) is 0 Å². The predicted octanol–water partition coefficient (Wildman–Crippen LogP) is 1.20. The van der Waals surface area contributed by atoms with E-state index in [0.29, 0.717) is 0 Å². The molecule has 1 unspecified atom stereocenters. The summed E-state index contributed by atoms with van der Waals surface area (Å²) in [5.74, 6) is 0. The highest BCUT2D eigenvalue weighted by atomic mass is 19.2. The van der Waals surface area contributed by atoms with Crippen LogP contribution in [0.4, 0.5) is 8.78 Å². The third-order valence-corrected chi connectivity index (χ3v) is 0.858. The Labute approximate surface area is 40.3 Å². The van der Waals surface area contributed by atoms with E-state index in [4.69, 9.17) is 0 Å². The van der Waals surface area contributed by atoms with Crippen LogP contribution in [0.25, 0.3) is 0 Å². The largest absolute Gasteiger partial charge is 0.339 e. The van der Waals surface area contributed by atoms with Crippen LogP contribution in [0, 0.1) is 6.36 Å². The zero-order chi connectivity index (χ0) is 5.28. The van der Waals surface area contributed by atoms with Crippen LogP contribution >= 0.6 is 0 Å². The SMILES string of the molecule is F[C]1OCCC1F. The van der Waals surface area contributed by atoms with Crippen LogP contribution in [-0.2, 0) is 4.74 Å². The Morgan fingerprint density at radius 1 is 1.71 bits per heavy atom. The summed E-state index contributed by atoms with van der Waals surface area (Å²) < 4.78 is 27.6. The number of rotatable bonds is 0. The number of hydrogen-bond donors (Lipinski definition) is 0. The van der Waals surface area contributed by atoms with Crippen LogP contribution in [0.15, 0.2) is 0 Å². The summed E-state index contributed by atoms with van der Waals surface area (Å²) in [7, 11) is 0. The van der Waals surface area contributed by atoms with Crippen molar-refractivity contribution in [1.82, 2.24) is 0 Å². The summed E-state index contributed by atoms with van der Waals surface area (Å²) in [6.07, 6.45) is -2.24. The van der Waals surface area contributed by atoms with Gasteiger partial charge in [-0.3, -0.25) is 0 Å². The average Bonchev–Trinajstić information content (AvgIpc) is 1.91. The van der Waals surface area contributed by atoms with Crippen molar-refractivity contribution in [2.75, 3.05) is 6.61 Å². The van der Waals surface area contributed by atoms with Crippen molar-refractivity contribution < 1.29 is 13.5 Å². The van der Waals surface area contributed by atoms with E-state index in [1.807, 2.05) is 0 Å². The molecule has 0 bridgehead atoms. The maximum Gasteiger partial charge on any atom is 0.303 e. The van der Waals surface area contributed by atoms with E-state index in [2.05, 4.69) is 4.74 Å². The van der Waals surface area contributed by atoms with Gasteiger partial charge < -0.3 is 4.74 Å². The molecule has 7 heavy (non-hydrogen) atoms. The third-order valence-electron chi connectivity index (χ3n) is 0.858. The molecule has 1 radical (unpaired) electrons. The van der Waals surface area contributed by atoms with Gasteiger partial charge in [0.25, 0.3) is 0 Å².